The summed E-state index contributed by atoms with van der Waals surface area (Å²) in [6.45, 7) is 3.87. The fraction of sp³-hybridized carbons (Fsp3) is 0.348. The summed E-state index contributed by atoms with van der Waals surface area (Å²) in [5, 5.41) is 0. The van der Waals surface area contributed by atoms with E-state index in [1.54, 1.807) is 37.1 Å². The molecule has 0 spiro atoms. The highest BCUT2D eigenvalue weighted by Gasteiger charge is 2.27. The third-order valence-corrected chi connectivity index (χ3v) is 5.48. The van der Waals surface area contributed by atoms with Gasteiger partial charge >= 0.3 is 6.09 Å². The highest BCUT2D eigenvalue weighted by molar-refractivity contribution is 5.93. The Morgan fingerprint density at radius 2 is 1.59 bits per heavy atom. The zero-order valence-corrected chi connectivity index (χ0v) is 18.4. The summed E-state index contributed by atoms with van der Waals surface area (Å²) in [5.74, 6) is 1.23. The molecule has 32 heavy (non-hydrogen) atoms. The van der Waals surface area contributed by atoms with Crippen molar-refractivity contribution >= 4 is 17.6 Å². The molecule has 1 aliphatic rings. The third-order valence-electron chi connectivity index (χ3n) is 5.48. The van der Waals surface area contributed by atoms with Gasteiger partial charge in [-0.15, -0.1) is 0 Å². The molecular weight excluding hydrogens is 412 g/mol. The van der Waals surface area contributed by atoms with E-state index in [-0.39, 0.29) is 12.0 Å². The van der Waals surface area contributed by atoms with Gasteiger partial charge in [-0.05, 0) is 31.2 Å². The molecule has 168 valence electrons. The maximum atomic E-state index is 13.0. The number of rotatable bonds is 5. The molecule has 0 bridgehead atoms. The molecule has 1 fully saturated rings. The number of benzene rings is 1. The normalized spacial score (nSPS) is 13.8. The molecule has 0 radical (unpaired) electrons. The summed E-state index contributed by atoms with van der Waals surface area (Å²) < 4.78 is 17.9. The predicted octanol–water partition coefficient (Wildman–Crippen LogP) is 2.93. The number of nitrogens with zero attached hydrogens (tertiary/aromatic N) is 4. The lowest BCUT2D eigenvalue weighted by molar-refractivity contribution is 0.0566. The topological polar surface area (TPSA) is 85.6 Å². The van der Waals surface area contributed by atoms with Gasteiger partial charge < -0.3 is 28.4 Å². The predicted molar refractivity (Wildman–Crippen MR) is 118 cm³/mol. The van der Waals surface area contributed by atoms with Crippen LogP contribution in [-0.2, 0) is 4.74 Å². The Morgan fingerprint density at radius 3 is 2.22 bits per heavy atom. The number of piperazine rings is 1. The van der Waals surface area contributed by atoms with E-state index in [9.17, 15) is 9.59 Å². The van der Waals surface area contributed by atoms with Crippen molar-refractivity contribution in [2.75, 3.05) is 47.0 Å². The van der Waals surface area contributed by atoms with E-state index in [1.807, 2.05) is 40.9 Å². The summed E-state index contributed by atoms with van der Waals surface area (Å²) in [5.41, 5.74) is 2.73. The van der Waals surface area contributed by atoms with Crippen LogP contribution >= 0.6 is 0 Å². The van der Waals surface area contributed by atoms with E-state index in [0.717, 1.165) is 11.1 Å². The minimum atomic E-state index is -0.341. The first-order valence-electron chi connectivity index (χ1n) is 10.5. The van der Waals surface area contributed by atoms with Gasteiger partial charge in [0.1, 0.15) is 22.8 Å². The standard InChI is InChI=1S/C23H26N4O5/c1-4-32-23(29)26-12-10-25(11-13-26)22(28)17-15-27-14-16(8-9-20(27)24-17)21-18(30-2)6-5-7-19(21)31-3/h5-9,14-15H,4,10-13H2,1-3H3. The quantitative estimate of drug-likeness (QED) is 0.609. The Kier molecular flexibility index (Phi) is 6.16. The molecule has 3 aromatic rings. The molecule has 2 aromatic heterocycles. The van der Waals surface area contributed by atoms with Crippen molar-refractivity contribution in [2.24, 2.45) is 0 Å². The van der Waals surface area contributed by atoms with Gasteiger partial charge in [-0.1, -0.05) is 6.07 Å². The van der Waals surface area contributed by atoms with E-state index in [2.05, 4.69) is 4.98 Å². The van der Waals surface area contributed by atoms with Crippen LogP contribution in [0.15, 0.2) is 42.7 Å². The van der Waals surface area contributed by atoms with Gasteiger partial charge in [-0.25, -0.2) is 9.78 Å². The molecule has 1 aliphatic heterocycles. The van der Waals surface area contributed by atoms with Crippen LogP contribution in [0.25, 0.3) is 16.8 Å². The average Bonchev–Trinajstić information content (AvgIpc) is 3.26. The van der Waals surface area contributed by atoms with Crippen LogP contribution in [0.1, 0.15) is 17.4 Å². The largest absolute Gasteiger partial charge is 0.496 e. The van der Waals surface area contributed by atoms with Gasteiger partial charge in [0.25, 0.3) is 5.91 Å². The summed E-state index contributed by atoms with van der Waals surface area (Å²) >= 11 is 0. The number of hydrogen-bond donors (Lipinski definition) is 0. The van der Waals surface area contributed by atoms with Crippen LogP contribution in [0.3, 0.4) is 0 Å². The van der Waals surface area contributed by atoms with Crippen LogP contribution in [0, 0.1) is 0 Å². The highest BCUT2D eigenvalue weighted by Crippen LogP contribution is 2.38. The van der Waals surface area contributed by atoms with Gasteiger partial charge in [0, 0.05) is 44.1 Å². The molecule has 0 saturated carbocycles. The van der Waals surface area contributed by atoms with Crippen LogP contribution < -0.4 is 9.47 Å². The SMILES string of the molecule is CCOC(=O)N1CCN(C(=O)c2cn3cc(-c4c(OC)cccc4OC)ccc3n2)CC1. The monoisotopic (exact) mass is 438 g/mol. The molecule has 1 aromatic carbocycles. The first-order chi connectivity index (χ1) is 15.5. The van der Waals surface area contributed by atoms with E-state index >= 15 is 0 Å². The van der Waals surface area contributed by atoms with E-state index < -0.39 is 0 Å². The van der Waals surface area contributed by atoms with Gasteiger partial charge in [-0.3, -0.25) is 4.79 Å². The number of aromatic nitrogens is 2. The molecule has 0 unspecified atom stereocenters. The zero-order chi connectivity index (χ0) is 22.7. The lowest BCUT2D eigenvalue weighted by atomic mass is 10.1. The van der Waals surface area contributed by atoms with Crippen LogP contribution in [0.4, 0.5) is 4.79 Å². The zero-order valence-electron chi connectivity index (χ0n) is 18.4. The summed E-state index contributed by atoms with van der Waals surface area (Å²) in [6.07, 6.45) is 3.28. The molecule has 9 heteroatoms. The first kappa shape index (κ1) is 21.5. The summed E-state index contributed by atoms with van der Waals surface area (Å²) in [4.78, 5) is 32.7. The lowest BCUT2D eigenvalue weighted by Crippen LogP contribution is -2.50. The van der Waals surface area contributed by atoms with Crippen molar-refractivity contribution in [3.05, 3.63) is 48.4 Å². The number of carbonyl (C=O) groups is 2. The fourth-order valence-corrected chi connectivity index (χ4v) is 3.85. The number of ether oxygens (including phenoxy) is 3. The molecule has 0 N–H and O–H groups in total. The minimum Gasteiger partial charge on any atom is -0.496 e. The number of hydrogen-bond acceptors (Lipinski definition) is 6. The second kappa shape index (κ2) is 9.17. The maximum Gasteiger partial charge on any atom is 0.409 e. The molecule has 4 rings (SSSR count). The summed E-state index contributed by atoms with van der Waals surface area (Å²) in [6, 6.07) is 9.41. The van der Waals surface area contributed by atoms with Crippen molar-refractivity contribution in [3.8, 4) is 22.6 Å². The fourth-order valence-electron chi connectivity index (χ4n) is 3.85. The third kappa shape index (κ3) is 4.05. The second-order valence-electron chi connectivity index (χ2n) is 7.33. The van der Waals surface area contributed by atoms with E-state index in [1.165, 1.54) is 0 Å². The molecular formula is C23H26N4O5. The van der Waals surface area contributed by atoms with E-state index in [0.29, 0.717) is 55.6 Å². The van der Waals surface area contributed by atoms with Crippen molar-refractivity contribution in [2.45, 2.75) is 6.92 Å². The van der Waals surface area contributed by atoms with Crippen LogP contribution in [-0.4, -0.2) is 78.2 Å². The second-order valence-corrected chi connectivity index (χ2v) is 7.33. The van der Waals surface area contributed by atoms with Crippen LogP contribution in [0.5, 0.6) is 11.5 Å². The van der Waals surface area contributed by atoms with Crippen LogP contribution in [0.2, 0.25) is 0 Å². The van der Waals surface area contributed by atoms with Gasteiger partial charge in [0.05, 0.1) is 26.4 Å². The van der Waals surface area contributed by atoms with Gasteiger partial charge in [0.15, 0.2) is 0 Å². The number of fused-ring (bicyclic) bond motifs is 1. The maximum absolute atomic E-state index is 13.0. The minimum absolute atomic E-state index is 0.159. The molecule has 0 atom stereocenters. The van der Waals surface area contributed by atoms with Crippen molar-refractivity contribution in [1.82, 2.24) is 19.2 Å². The molecule has 1 saturated heterocycles. The van der Waals surface area contributed by atoms with Crippen molar-refractivity contribution in [3.63, 3.8) is 0 Å². The molecule has 0 aliphatic carbocycles. The van der Waals surface area contributed by atoms with Crippen molar-refractivity contribution in [1.29, 1.82) is 0 Å². The number of imidazole rings is 1. The molecule has 3 heterocycles. The highest BCUT2D eigenvalue weighted by atomic mass is 16.6. The Hall–Kier alpha value is -3.75. The number of pyridine rings is 1. The van der Waals surface area contributed by atoms with Crippen molar-refractivity contribution < 1.29 is 23.8 Å². The Bertz CT molecular complexity index is 1110. The Labute approximate surface area is 186 Å². The number of carbonyl (C=O) groups excluding carboxylic acids is 2. The summed E-state index contributed by atoms with van der Waals surface area (Å²) in [7, 11) is 3.24. The molecule has 9 nitrogen and oxygen atoms in total. The number of amides is 2. The van der Waals surface area contributed by atoms with Gasteiger partial charge in [-0.2, -0.15) is 0 Å². The average molecular weight is 438 g/mol. The van der Waals surface area contributed by atoms with E-state index in [4.69, 9.17) is 14.2 Å². The lowest BCUT2D eigenvalue weighted by Gasteiger charge is -2.33. The molecule has 2 amide bonds. The number of methoxy groups -OCH3 is 2. The smallest absolute Gasteiger partial charge is 0.409 e. The Morgan fingerprint density at radius 1 is 0.938 bits per heavy atom. The van der Waals surface area contributed by atoms with Gasteiger partial charge in [0.2, 0.25) is 0 Å². The Balaban J connectivity index is 1.56. The first-order valence-corrected chi connectivity index (χ1v) is 10.5.